The summed E-state index contributed by atoms with van der Waals surface area (Å²) in [7, 11) is 0. The summed E-state index contributed by atoms with van der Waals surface area (Å²) in [4.78, 5) is 8.86. The summed E-state index contributed by atoms with van der Waals surface area (Å²) in [5.41, 5.74) is 7.76. The second-order valence-corrected chi connectivity index (χ2v) is 11.3. The lowest BCUT2D eigenvalue weighted by atomic mass is 9.98. The van der Waals surface area contributed by atoms with Gasteiger partial charge in [-0.05, 0) is 60.4 Å². The van der Waals surface area contributed by atoms with Crippen LogP contribution >= 0.6 is 23.1 Å². The molecule has 2 heterocycles. The van der Waals surface area contributed by atoms with Crippen molar-refractivity contribution in [2.75, 3.05) is 4.90 Å². The number of nitrogens with zero attached hydrogens (tertiary/aromatic N) is 2. The molecule has 0 spiro atoms. The van der Waals surface area contributed by atoms with E-state index in [0.717, 1.165) is 18.5 Å². The van der Waals surface area contributed by atoms with Gasteiger partial charge in [0.25, 0.3) is 0 Å². The van der Waals surface area contributed by atoms with Crippen LogP contribution in [0.1, 0.15) is 27.3 Å². The zero-order chi connectivity index (χ0) is 23.1. The van der Waals surface area contributed by atoms with Gasteiger partial charge in [-0.1, -0.05) is 84.6 Å². The lowest BCUT2D eigenvalue weighted by molar-refractivity contribution is 0.565. The molecule has 0 amide bonds. The number of aromatic nitrogens is 1. The Bertz CT molecular complexity index is 1460. The molecule has 4 heteroatoms. The van der Waals surface area contributed by atoms with E-state index in [0.29, 0.717) is 0 Å². The summed E-state index contributed by atoms with van der Waals surface area (Å²) < 4.78 is 1.24. The van der Waals surface area contributed by atoms with Crippen molar-refractivity contribution in [2.45, 2.75) is 36.6 Å². The van der Waals surface area contributed by atoms with Crippen LogP contribution in [0.15, 0.2) is 102 Å². The predicted octanol–water partition coefficient (Wildman–Crippen LogP) is 8.12. The number of fused-ring (bicyclic) bond motifs is 2. The summed E-state index contributed by atoms with van der Waals surface area (Å²) in [5, 5.41) is 1.17. The standard InChI is InChI=1S/C30H26N2S2/c1-21-11-3-5-13-23(21)19-30(29-31-25-15-7-9-17-27(25)33-29)32(20-24-14-6-4-12-22(24)2)26-16-8-10-18-28(26)34-30/h3-18H,19-20H2,1-2H3/t30-/m1/s1. The zero-order valence-electron chi connectivity index (χ0n) is 19.4. The molecular weight excluding hydrogens is 452 g/mol. The van der Waals surface area contributed by atoms with Gasteiger partial charge in [0.2, 0.25) is 0 Å². The number of thioether (sulfide) groups is 1. The highest BCUT2D eigenvalue weighted by Gasteiger charge is 2.48. The first kappa shape index (κ1) is 21.5. The highest BCUT2D eigenvalue weighted by atomic mass is 32.2. The summed E-state index contributed by atoms with van der Waals surface area (Å²) in [6.07, 6.45) is 0.894. The Balaban J connectivity index is 1.57. The lowest BCUT2D eigenvalue weighted by Crippen LogP contribution is -2.42. The number of anilines is 1. The van der Waals surface area contributed by atoms with Gasteiger partial charge in [-0.2, -0.15) is 0 Å². The maximum absolute atomic E-state index is 5.25. The first-order chi connectivity index (χ1) is 16.6. The van der Waals surface area contributed by atoms with Crippen LogP contribution in [0.3, 0.4) is 0 Å². The minimum Gasteiger partial charge on any atom is -0.345 e. The van der Waals surface area contributed by atoms with Crippen molar-refractivity contribution in [1.82, 2.24) is 4.98 Å². The fourth-order valence-electron chi connectivity index (χ4n) is 4.84. The normalized spacial score (nSPS) is 17.3. The number of rotatable bonds is 5. The Kier molecular flexibility index (Phi) is 5.43. The molecule has 6 rings (SSSR count). The third-order valence-electron chi connectivity index (χ3n) is 6.78. The zero-order valence-corrected chi connectivity index (χ0v) is 21.0. The molecule has 0 bridgehead atoms. The predicted molar refractivity (Wildman–Crippen MR) is 146 cm³/mol. The molecule has 0 unspecified atom stereocenters. The molecule has 4 aromatic carbocycles. The number of hydrogen-bond acceptors (Lipinski definition) is 4. The van der Waals surface area contributed by atoms with Gasteiger partial charge in [0.1, 0.15) is 9.88 Å². The van der Waals surface area contributed by atoms with E-state index in [2.05, 4.69) is 116 Å². The van der Waals surface area contributed by atoms with E-state index in [9.17, 15) is 0 Å². The molecule has 0 fully saturated rings. The minimum absolute atomic E-state index is 0.318. The van der Waals surface area contributed by atoms with Crippen LogP contribution in [-0.4, -0.2) is 4.98 Å². The van der Waals surface area contributed by atoms with Crippen LogP contribution in [0.2, 0.25) is 0 Å². The van der Waals surface area contributed by atoms with E-state index < -0.39 is 0 Å². The molecule has 168 valence electrons. The maximum atomic E-state index is 5.25. The number of thiazole rings is 1. The van der Waals surface area contributed by atoms with Crippen molar-refractivity contribution in [3.05, 3.63) is 124 Å². The second-order valence-electron chi connectivity index (χ2n) is 8.96. The molecule has 0 saturated heterocycles. The van der Waals surface area contributed by atoms with E-state index in [1.807, 2.05) is 23.1 Å². The molecule has 34 heavy (non-hydrogen) atoms. The second kappa shape index (κ2) is 8.61. The van der Waals surface area contributed by atoms with E-state index in [1.165, 1.54) is 42.5 Å². The van der Waals surface area contributed by atoms with Gasteiger partial charge in [-0.25, -0.2) is 4.98 Å². The first-order valence-electron chi connectivity index (χ1n) is 11.6. The van der Waals surface area contributed by atoms with Crippen molar-refractivity contribution in [3.63, 3.8) is 0 Å². The Morgan fingerprint density at radius 3 is 2.15 bits per heavy atom. The SMILES string of the molecule is Cc1ccccc1CN1c2ccccc2S[C@]1(Cc1ccccc1C)c1nc2ccccc2s1. The smallest absolute Gasteiger partial charge is 0.147 e. The quantitative estimate of drug-likeness (QED) is 0.254. The van der Waals surface area contributed by atoms with Gasteiger partial charge in [-0.3, -0.25) is 0 Å². The van der Waals surface area contributed by atoms with Crippen LogP contribution in [0.5, 0.6) is 0 Å². The van der Waals surface area contributed by atoms with Crippen molar-refractivity contribution >= 4 is 39.0 Å². The molecule has 1 aliphatic heterocycles. The highest BCUT2D eigenvalue weighted by molar-refractivity contribution is 8.01. The fraction of sp³-hybridized carbons (Fsp3) is 0.167. The minimum atomic E-state index is -0.318. The van der Waals surface area contributed by atoms with E-state index >= 15 is 0 Å². The van der Waals surface area contributed by atoms with Crippen LogP contribution in [-0.2, 0) is 17.8 Å². The number of aryl methyl sites for hydroxylation is 2. The number of para-hydroxylation sites is 2. The molecule has 0 saturated carbocycles. The Hall–Kier alpha value is -3.08. The fourth-order valence-corrected chi connectivity index (χ4v) is 7.58. The molecule has 5 aromatic rings. The third kappa shape index (κ3) is 3.62. The van der Waals surface area contributed by atoms with E-state index in [1.54, 1.807) is 0 Å². The Labute approximate surface area is 209 Å². The summed E-state index contributed by atoms with van der Waals surface area (Å²) >= 11 is 3.80. The molecular formula is C30H26N2S2. The van der Waals surface area contributed by atoms with Crippen molar-refractivity contribution in [3.8, 4) is 0 Å². The van der Waals surface area contributed by atoms with E-state index in [4.69, 9.17) is 4.98 Å². The molecule has 2 nitrogen and oxygen atoms in total. The van der Waals surface area contributed by atoms with E-state index in [-0.39, 0.29) is 4.87 Å². The average molecular weight is 479 g/mol. The van der Waals surface area contributed by atoms with Gasteiger partial charge in [0.05, 0.1) is 15.9 Å². The van der Waals surface area contributed by atoms with Crippen molar-refractivity contribution in [1.29, 1.82) is 0 Å². The maximum Gasteiger partial charge on any atom is 0.147 e. The topological polar surface area (TPSA) is 16.1 Å². The summed E-state index contributed by atoms with van der Waals surface area (Å²) in [6, 6.07) is 34.9. The monoisotopic (exact) mass is 478 g/mol. The first-order valence-corrected chi connectivity index (χ1v) is 13.3. The van der Waals surface area contributed by atoms with Gasteiger partial charge in [0.15, 0.2) is 0 Å². The largest absolute Gasteiger partial charge is 0.345 e. The van der Waals surface area contributed by atoms with Gasteiger partial charge in [-0.15, -0.1) is 11.3 Å². The molecule has 1 aliphatic rings. The summed E-state index contributed by atoms with van der Waals surface area (Å²) in [5.74, 6) is 0. The molecule has 1 atom stereocenters. The molecule has 1 aromatic heterocycles. The van der Waals surface area contributed by atoms with Gasteiger partial charge < -0.3 is 4.90 Å². The Morgan fingerprint density at radius 1 is 0.735 bits per heavy atom. The molecule has 0 N–H and O–H groups in total. The van der Waals surface area contributed by atoms with Crippen molar-refractivity contribution in [2.24, 2.45) is 0 Å². The Morgan fingerprint density at radius 2 is 1.38 bits per heavy atom. The van der Waals surface area contributed by atoms with Gasteiger partial charge >= 0.3 is 0 Å². The lowest BCUT2D eigenvalue weighted by Gasteiger charge is -2.39. The number of hydrogen-bond donors (Lipinski definition) is 0. The van der Waals surface area contributed by atoms with Crippen LogP contribution in [0.4, 0.5) is 5.69 Å². The molecule has 0 aliphatic carbocycles. The summed E-state index contributed by atoms with van der Waals surface area (Å²) in [6.45, 7) is 5.28. The number of benzene rings is 4. The molecule has 0 radical (unpaired) electrons. The third-order valence-corrected chi connectivity index (χ3v) is 9.56. The van der Waals surface area contributed by atoms with Crippen LogP contribution in [0, 0.1) is 13.8 Å². The highest BCUT2D eigenvalue weighted by Crippen LogP contribution is 2.58. The average Bonchev–Trinajstić information content (AvgIpc) is 3.42. The van der Waals surface area contributed by atoms with Gasteiger partial charge in [0, 0.05) is 17.9 Å². The van der Waals surface area contributed by atoms with Crippen LogP contribution < -0.4 is 4.90 Å². The van der Waals surface area contributed by atoms with Crippen LogP contribution in [0.25, 0.3) is 10.2 Å². The van der Waals surface area contributed by atoms with Crippen molar-refractivity contribution < 1.29 is 0 Å².